The normalized spacial score (nSPS) is 11.9. The molecule has 1 atom stereocenters. The average Bonchev–Trinajstić information content (AvgIpc) is 3.28. The van der Waals surface area contributed by atoms with Crippen molar-refractivity contribution in [3.63, 3.8) is 0 Å². The highest BCUT2D eigenvalue weighted by atomic mass is 16.5. The number of rotatable bonds is 7. The van der Waals surface area contributed by atoms with Gasteiger partial charge in [0.25, 0.3) is 5.91 Å². The number of benzene rings is 1. The standard InChI is InChI=1S/C17H19N5O3/c1-3-14(17-18-11(2)22-25-17)19-16(23)15-9-12(20-21-15)10-24-13-7-5-4-6-8-13/h4-9,14H,3,10H2,1-2H3,(H,19,23)(H,20,21). The van der Waals surface area contributed by atoms with E-state index in [-0.39, 0.29) is 17.6 Å². The van der Waals surface area contributed by atoms with Crippen LogP contribution in [0.2, 0.25) is 0 Å². The fourth-order valence-electron chi connectivity index (χ4n) is 2.25. The molecule has 0 bridgehead atoms. The predicted octanol–water partition coefficient (Wildman–Crippen LogP) is 2.56. The molecule has 25 heavy (non-hydrogen) atoms. The molecule has 0 aliphatic rings. The fourth-order valence-corrected chi connectivity index (χ4v) is 2.25. The van der Waals surface area contributed by atoms with Crippen LogP contribution in [-0.4, -0.2) is 26.2 Å². The first-order valence-corrected chi connectivity index (χ1v) is 7.99. The highest BCUT2D eigenvalue weighted by Gasteiger charge is 2.21. The average molecular weight is 341 g/mol. The van der Waals surface area contributed by atoms with Crippen LogP contribution in [0.4, 0.5) is 0 Å². The fraction of sp³-hybridized carbons (Fsp3) is 0.294. The van der Waals surface area contributed by atoms with Crippen molar-refractivity contribution in [2.24, 2.45) is 0 Å². The summed E-state index contributed by atoms with van der Waals surface area (Å²) in [5.74, 6) is 1.35. The maximum absolute atomic E-state index is 12.4. The van der Waals surface area contributed by atoms with Crippen LogP contribution in [0, 0.1) is 6.92 Å². The second kappa shape index (κ2) is 7.61. The van der Waals surface area contributed by atoms with Gasteiger partial charge in [0.05, 0.1) is 5.69 Å². The van der Waals surface area contributed by atoms with Gasteiger partial charge < -0.3 is 14.6 Å². The number of nitrogens with zero attached hydrogens (tertiary/aromatic N) is 3. The topological polar surface area (TPSA) is 106 Å². The lowest BCUT2D eigenvalue weighted by atomic mass is 10.2. The van der Waals surface area contributed by atoms with Crippen molar-refractivity contribution in [1.29, 1.82) is 0 Å². The third-order valence-electron chi connectivity index (χ3n) is 3.56. The van der Waals surface area contributed by atoms with Gasteiger partial charge in [0.15, 0.2) is 5.82 Å². The molecular formula is C17H19N5O3. The molecule has 3 rings (SSSR count). The van der Waals surface area contributed by atoms with Gasteiger partial charge in [-0.3, -0.25) is 9.89 Å². The zero-order valence-corrected chi connectivity index (χ0v) is 14.0. The van der Waals surface area contributed by atoms with E-state index in [9.17, 15) is 4.79 Å². The molecule has 0 saturated heterocycles. The van der Waals surface area contributed by atoms with Crippen molar-refractivity contribution in [2.75, 3.05) is 0 Å². The Kier molecular flexibility index (Phi) is 5.08. The SMILES string of the molecule is CCC(NC(=O)c1cc(COc2ccccc2)[nH]n1)c1nc(C)no1. The first-order chi connectivity index (χ1) is 12.2. The maximum Gasteiger partial charge on any atom is 0.272 e. The van der Waals surface area contributed by atoms with Crippen LogP contribution in [-0.2, 0) is 6.61 Å². The van der Waals surface area contributed by atoms with Crippen molar-refractivity contribution >= 4 is 5.91 Å². The van der Waals surface area contributed by atoms with Crippen LogP contribution in [0.5, 0.6) is 5.75 Å². The highest BCUT2D eigenvalue weighted by Crippen LogP contribution is 2.15. The largest absolute Gasteiger partial charge is 0.487 e. The Morgan fingerprint density at radius 2 is 2.16 bits per heavy atom. The molecule has 8 heteroatoms. The van der Waals surface area contributed by atoms with Gasteiger partial charge in [-0.2, -0.15) is 10.1 Å². The predicted molar refractivity (Wildman–Crippen MR) is 88.9 cm³/mol. The molecule has 0 spiro atoms. The molecule has 130 valence electrons. The summed E-state index contributed by atoms with van der Waals surface area (Å²) in [6.07, 6.45) is 0.627. The lowest BCUT2D eigenvalue weighted by molar-refractivity contribution is 0.0922. The van der Waals surface area contributed by atoms with Crippen LogP contribution in [0.3, 0.4) is 0 Å². The number of carbonyl (C=O) groups excluding carboxylic acids is 1. The van der Waals surface area contributed by atoms with Gasteiger partial charge in [-0.15, -0.1) is 0 Å². The van der Waals surface area contributed by atoms with E-state index in [1.165, 1.54) is 0 Å². The number of hydrogen-bond donors (Lipinski definition) is 2. The Labute approximate surface area is 144 Å². The second-order valence-corrected chi connectivity index (χ2v) is 5.49. The van der Waals surface area contributed by atoms with Crippen LogP contribution < -0.4 is 10.1 Å². The van der Waals surface area contributed by atoms with Crippen LogP contribution in [0.15, 0.2) is 40.9 Å². The minimum atomic E-state index is -0.352. The van der Waals surface area contributed by atoms with E-state index in [0.717, 1.165) is 5.75 Å². The van der Waals surface area contributed by atoms with E-state index >= 15 is 0 Å². The smallest absolute Gasteiger partial charge is 0.272 e. The van der Waals surface area contributed by atoms with Crippen molar-refractivity contribution in [3.05, 3.63) is 59.5 Å². The van der Waals surface area contributed by atoms with E-state index < -0.39 is 0 Å². The lowest BCUT2D eigenvalue weighted by Gasteiger charge is -2.11. The number of aryl methyl sites for hydroxylation is 1. The molecular weight excluding hydrogens is 322 g/mol. The summed E-state index contributed by atoms with van der Waals surface area (Å²) in [7, 11) is 0. The van der Waals surface area contributed by atoms with E-state index in [0.29, 0.717) is 30.4 Å². The van der Waals surface area contributed by atoms with Gasteiger partial charge >= 0.3 is 0 Å². The molecule has 0 radical (unpaired) electrons. The highest BCUT2D eigenvalue weighted by molar-refractivity contribution is 5.92. The maximum atomic E-state index is 12.4. The van der Waals surface area contributed by atoms with Gasteiger partial charge in [-0.05, 0) is 31.5 Å². The molecule has 1 amide bonds. The van der Waals surface area contributed by atoms with Gasteiger partial charge in [-0.25, -0.2) is 0 Å². The zero-order valence-electron chi connectivity index (χ0n) is 14.0. The molecule has 0 saturated carbocycles. The van der Waals surface area contributed by atoms with Crippen molar-refractivity contribution < 1.29 is 14.1 Å². The third-order valence-corrected chi connectivity index (χ3v) is 3.56. The first-order valence-electron chi connectivity index (χ1n) is 7.99. The minimum absolute atomic E-state index is 0.279. The Morgan fingerprint density at radius 1 is 1.36 bits per heavy atom. The van der Waals surface area contributed by atoms with Crippen LogP contribution >= 0.6 is 0 Å². The number of ether oxygens (including phenoxy) is 1. The Balaban J connectivity index is 1.60. The molecule has 0 aliphatic heterocycles. The minimum Gasteiger partial charge on any atom is -0.487 e. The van der Waals surface area contributed by atoms with Gasteiger partial charge in [0.2, 0.25) is 5.89 Å². The third kappa shape index (κ3) is 4.23. The van der Waals surface area contributed by atoms with Crippen LogP contribution in [0.1, 0.15) is 47.3 Å². The lowest BCUT2D eigenvalue weighted by Crippen LogP contribution is -2.28. The van der Waals surface area contributed by atoms with E-state index in [4.69, 9.17) is 9.26 Å². The van der Waals surface area contributed by atoms with E-state index in [1.807, 2.05) is 37.3 Å². The number of aromatic amines is 1. The first kappa shape index (κ1) is 16.7. The van der Waals surface area contributed by atoms with Gasteiger partial charge in [0.1, 0.15) is 24.1 Å². The molecule has 3 aromatic rings. The summed E-state index contributed by atoms with van der Waals surface area (Å²) < 4.78 is 10.7. The molecule has 1 unspecified atom stereocenters. The number of carbonyl (C=O) groups is 1. The molecule has 2 N–H and O–H groups in total. The summed E-state index contributed by atoms with van der Waals surface area (Å²) in [5.41, 5.74) is 0.983. The second-order valence-electron chi connectivity index (χ2n) is 5.49. The number of para-hydroxylation sites is 1. The molecule has 2 heterocycles. The quantitative estimate of drug-likeness (QED) is 0.684. The Hall–Kier alpha value is -3.16. The Bertz CT molecular complexity index is 828. The van der Waals surface area contributed by atoms with Gasteiger partial charge in [0, 0.05) is 0 Å². The number of H-pyrrole nitrogens is 1. The summed E-state index contributed by atoms with van der Waals surface area (Å²) >= 11 is 0. The molecule has 0 fully saturated rings. The van der Waals surface area contributed by atoms with Crippen molar-refractivity contribution in [1.82, 2.24) is 25.7 Å². The number of nitrogens with one attached hydrogen (secondary N) is 2. The zero-order chi connectivity index (χ0) is 17.6. The number of amides is 1. The van der Waals surface area contributed by atoms with Crippen LogP contribution in [0.25, 0.3) is 0 Å². The molecule has 8 nitrogen and oxygen atoms in total. The van der Waals surface area contributed by atoms with Crippen molar-refractivity contribution in [3.8, 4) is 5.75 Å². The van der Waals surface area contributed by atoms with Crippen molar-refractivity contribution in [2.45, 2.75) is 32.9 Å². The number of hydrogen-bond acceptors (Lipinski definition) is 6. The molecule has 2 aromatic heterocycles. The van der Waals surface area contributed by atoms with E-state index in [1.54, 1.807) is 13.0 Å². The molecule has 1 aromatic carbocycles. The summed E-state index contributed by atoms with van der Waals surface area (Å²) in [6.45, 7) is 3.95. The summed E-state index contributed by atoms with van der Waals surface area (Å²) in [6, 6.07) is 10.7. The molecule has 0 aliphatic carbocycles. The Morgan fingerprint density at radius 3 is 2.84 bits per heavy atom. The van der Waals surface area contributed by atoms with Gasteiger partial charge in [-0.1, -0.05) is 30.3 Å². The summed E-state index contributed by atoms with van der Waals surface area (Å²) in [5, 5.41) is 13.4. The number of aromatic nitrogens is 4. The van der Waals surface area contributed by atoms with E-state index in [2.05, 4.69) is 25.7 Å². The monoisotopic (exact) mass is 341 g/mol. The summed E-state index contributed by atoms with van der Waals surface area (Å²) in [4.78, 5) is 16.5.